The maximum atomic E-state index is 11.6. The van der Waals surface area contributed by atoms with Crippen molar-refractivity contribution < 1.29 is 4.79 Å². The minimum absolute atomic E-state index is 0.0509. The predicted octanol–water partition coefficient (Wildman–Crippen LogP) is 1.49. The molecule has 96 valence electrons. The molecule has 1 heterocycles. The van der Waals surface area contributed by atoms with Gasteiger partial charge in [-0.25, -0.2) is 4.98 Å². The van der Waals surface area contributed by atoms with Crippen LogP contribution in [-0.4, -0.2) is 23.5 Å². The van der Waals surface area contributed by atoms with Gasteiger partial charge in [-0.15, -0.1) is 11.3 Å². The number of aromatic nitrogens is 1. The first-order valence-electron chi connectivity index (χ1n) is 6.08. The van der Waals surface area contributed by atoms with Crippen LogP contribution in [0.25, 0.3) is 0 Å². The van der Waals surface area contributed by atoms with Crippen molar-refractivity contribution in [3.63, 3.8) is 0 Å². The van der Waals surface area contributed by atoms with Crippen molar-refractivity contribution in [2.24, 2.45) is 5.73 Å². The van der Waals surface area contributed by atoms with Crippen LogP contribution in [0.15, 0.2) is 5.38 Å². The van der Waals surface area contributed by atoms with Crippen molar-refractivity contribution >= 4 is 17.2 Å². The second-order valence-corrected chi connectivity index (χ2v) is 5.12. The van der Waals surface area contributed by atoms with Gasteiger partial charge in [0.25, 0.3) is 0 Å². The second kappa shape index (κ2) is 7.40. The number of aryl methyl sites for hydroxylation is 1. The summed E-state index contributed by atoms with van der Waals surface area (Å²) in [7, 11) is 0. The molecule has 0 aromatic carbocycles. The third kappa shape index (κ3) is 5.28. The van der Waals surface area contributed by atoms with Crippen LogP contribution in [0.5, 0.6) is 0 Å². The van der Waals surface area contributed by atoms with Crippen molar-refractivity contribution in [2.45, 2.75) is 45.6 Å². The summed E-state index contributed by atoms with van der Waals surface area (Å²) in [5.74, 6) is 0.0509. The van der Waals surface area contributed by atoms with Gasteiger partial charge in [-0.2, -0.15) is 0 Å². The maximum absolute atomic E-state index is 11.6. The highest BCUT2D eigenvalue weighted by Gasteiger charge is 2.09. The van der Waals surface area contributed by atoms with Gasteiger partial charge >= 0.3 is 0 Å². The van der Waals surface area contributed by atoms with Gasteiger partial charge in [0.1, 0.15) is 0 Å². The summed E-state index contributed by atoms with van der Waals surface area (Å²) in [6, 6.07) is 0.234. The van der Waals surface area contributed by atoms with Crippen LogP contribution in [0, 0.1) is 0 Å². The molecule has 0 saturated carbocycles. The average molecular weight is 255 g/mol. The van der Waals surface area contributed by atoms with Crippen LogP contribution in [0.3, 0.4) is 0 Å². The van der Waals surface area contributed by atoms with Crippen LogP contribution < -0.4 is 11.1 Å². The van der Waals surface area contributed by atoms with Crippen molar-refractivity contribution in [3.05, 3.63) is 16.1 Å². The van der Waals surface area contributed by atoms with E-state index in [9.17, 15) is 4.79 Å². The molecule has 0 bridgehead atoms. The largest absolute Gasteiger partial charge is 0.353 e. The first-order valence-corrected chi connectivity index (χ1v) is 6.96. The van der Waals surface area contributed by atoms with Crippen molar-refractivity contribution in [2.75, 3.05) is 6.54 Å². The molecule has 1 atom stereocenters. The lowest BCUT2D eigenvalue weighted by molar-refractivity contribution is -0.121. The Bertz CT molecular complexity index is 351. The normalized spacial score (nSPS) is 12.4. The molecule has 17 heavy (non-hydrogen) atoms. The fraction of sp³-hybridized carbons (Fsp3) is 0.667. The molecular formula is C12H21N3OS. The van der Waals surface area contributed by atoms with Crippen molar-refractivity contribution in [1.82, 2.24) is 10.3 Å². The van der Waals surface area contributed by atoms with Crippen LogP contribution in [0.4, 0.5) is 0 Å². The van der Waals surface area contributed by atoms with Crippen LogP contribution in [-0.2, 0) is 17.6 Å². The fourth-order valence-corrected chi connectivity index (χ4v) is 2.23. The Hall–Kier alpha value is -0.940. The van der Waals surface area contributed by atoms with Gasteiger partial charge in [0.05, 0.1) is 17.1 Å². The average Bonchev–Trinajstić information content (AvgIpc) is 2.73. The summed E-state index contributed by atoms with van der Waals surface area (Å²) in [4.78, 5) is 16.1. The number of nitrogens with zero attached hydrogens (tertiary/aromatic N) is 1. The lowest BCUT2D eigenvalue weighted by Crippen LogP contribution is -2.33. The zero-order valence-corrected chi connectivity index (χ0v) is 11.3. The summed E-state index contributed by atoms with van der Waals surface area (Å²) >= 11 is 1.61. The molecule has 0 spiro atoms. The zero-order chi connectivity index (χ0) is 12.7. The first-order chi connectivity index (χ1) is 8.15. The van der Waals surface area contributed by atoms with E-state index >= 15 is 0 Å². The fourth-order valence-electron chi connectivity index (χ4n) is 1.39. The van der Waals surface area contributed by atoms with Gasteiger partial charge in [0.15, 0.2) is 0 Å². The molecule has 1 amide bonds. The Morgan fingerprint density at radius 2 is 2.41 bits per heavy atom. The Balaban J connectivity index is 2.40. The lowest BCUT2D eigenvalue weighted by atomic mass is 10.2. The van der Waals surface area contributed by atoms with E-state index in [1.54, 1.807) is 11.3 Å². The number of nitrogens with one attached hydrogen (secondary N) is 1. The van der Waals surface area contributed by atoms with Gasteiger partial charge in [0.2, 0.25) is 5.91 Å². The molecular weight excluding hydrogens is 234 g/mol. The lowest BCUT2D eigenvalue weighted by Gasteiger charge is -2.10. The monoisotopic (exact) mass is 255 g/mol. The highest BCUT2D eigenvalue weighted by molar-refractivity contribution is 7.09. The number of rotatable bonds is 7. The van der Waals surface area contributed by atoms with E-state index in [4.69, 9.17) is 5.73 Å². The Morgan fingerprint density at radius 1 is 1.65 bits per heavy atom. The number of carbonyl (C=O) groups is 1. The summed E-state index contributed by atoms with van der Waals surface area (Å²) in [5.41, 5.74) is 6.31. The smallest absolute Gasteiger partial charge is 0.226 e. The third-order valence-corrected chi connectivity index (χ3v) is 3.51. The van der Waals surface area contributed by atoms with E-state index < -0.39 is 0 Å². The van der Waals surface area contributed by atoms with Crippen LogP contribution in [0.2, 0.25) is 0 Å². The number of amides is 1. The quantitative estimate of drug-likeness (QED) is 0.775. The van der Waals surface area contributed by atoms with E-state index in [1.165, 1.54) is 0 Å². The molecule has 1 aromatic rings. The van der Waals surface area contributed by atoms with E-state index in [0.29, 0.717) is 13.0 Å². The first kappa shape index (κ1) is 14.1. The zero-order valence-electron chi connectivity index (χ0n) is 10.5. The van der Waals surface area contributed by atoms with Gasteiger partial charge in [-0.3, -0.25) is 4.79 Å². The Labute approximate surface area is 107 Å². The number of carbonyl (C=O) groups excluding carboxylic acids is 1. The standard InChI is InChI=1S/C12H21N3OS/c1-3-9(2)14-11(16)7-10-8-17-12(15-10)5-4-6-13/h8-9H,3-7,13H2,1-2H3,(H,14,16). The molecule has 1 unspecified atom stereocenters. The topological polar surface area (TPSA) is 68.0 Å². The molecule has 0 radical (unpaired) electrons. The Kier molecular flexibility index (Phi) is 6.15. The minimum Gasteiger partial charge on any atom is -0.353 e. The number of thiazole rings is 1. The van der Waals surface area contributed by atoms with E-state index in [2.05, 4.69) is 17.2 Å². The molecule has 4 nitrogen and oxygen atoms in total. The van der Waals surface area contributed by atoms with Gasteiger partial charge in [-0.1, -0.05) is 6.92 Å². The highest BCUT2D eigenvalue weighted by Crippen LogP contribution is 2.12. The van der Waals surface area contributed by atoms with Crippen LogP contribution >= 0.6 is 11.3 Å². The van der Waals surface area contributed by atoms with Crippen LogP contribution in [0.1, 0.15) is 37.4 Å². The maximum Gasteiger partial charge on any atom is 0.226 e. The Morgan fingerprint density at radius 3 is 3.06 bits per heavy atom. The van der Waals surface area contributed by atoms with Crippen molar-refractivity contribution in [1.29, 1.82) is 0 Å². The van der Waals surface area contributed by atoms with Gasteiger partial charge in [0, 0.05) is 17.8 Å². The van der Waals surface area contributed by atoms with Gasteiger partial charge < -0.3 is 11.1 Å². The SMILES string of the molecule is CCC(C)NC(=O)Cc1csc(CCCN)n1. The molecule has 5 heteroatoms. The van der Waals surface area contributed by atoms with E-state index in [-0.39, 0.29) is 11.9 Å². The number of hydrogen-bond donors (Lipinski definition) is 2. The number of hydrogen-bond acceptors (Lipinski definition) is 4. The third-order valence-electron chi connectivity index (χ3n) is 2.56. The molecule has 0 aliphatic rings. The van der Waals surface area contributed by atoms with E-state index in [0.717, 1.165) is 30.0 Å². The summed E-state index contributed by atoms with van der Waals surface area (Å²) < 4.78 is 0. The predicted molar refractivity (Wildman–Crippen MR) is 71.1 cm³/mol. The second-order valence-electron chi connectivity index (χ2n) is 4.18. The highest BCUT2D eigenvalue weighted by atomic mass is 32.1. The van der Waals surface area contributed by atoms with E-state index in [1.807, 2.05) is 12.3 Å². The molecule has 1 aromatic heterocycles. The molecule has 0 aliphatic carbocycles. The number of nitrogens with two attached hydrogens (primary N) is 1. The molecule has 0 saturated heterocycles. The molecule has 0 fully saturated rings. The molecule has 1 rings (SSSR count). The van der Waals surface area contributed by atoms with Gasteiger partial charge in [-0.05, 0) is 26.3 Å². The van der Waals surface area contributed by atoms with Crippen molar-refractivity contribution in [3.8, 4) is 0 Å². The molecule has 0 aliphatic heterocycles. The minimum atomic E-state index is 0.0509. The summed E-state index contributed by atoms with van der Waals surface area (Å²) in [5, 5.41) is 5.97. The summed E-state index contributed by atoms with van der Waals surface area (Å²) in [6.07, 6.45) is 3.19. The molecule has 3 N–H and O–H groups in total. The summed E-state index contributed by atoms with van der Waals surface area (Å²) in [6.45, 7) is 4.74.